The Kier molecular flexibility index (Phi) is 6.46. The van der Waals surface area contributed by atoms with E-state index in [0.717, 1.165) is 0 Å². The topological polar surface area (TPSA) is 41.6 Å². The van der Waals surface area contributed by atoms with Crippen LogP contribution in [0.3, 0.4) is 0 Å². The Balaban J connectivity index is 1.89. The Morgan fingerprint density at radius 3 is 2.82 bits per heavy atom. The molecule has 4 heteroatoms. The van der Waals surface area contributed by atoms with E-state index in [2.05, 4.69) is 16.8 Å². The van der Waals surface area contributed by atoms with E-state index in [1.54, 1.807) is 6.08 Å². The van der Waals surface area contributed by atoms with Crippen molar-refractivity contribution >= 4 is 11.6 Å². The van der Waals surface area contributed by atoms with E-state index >= 15 is 0 Å². The first-order valence-corrected chi connectivity index (χ1v) is 8.03. The van der Waals surface area contributed by atoms with Crippen molar-refractivity contribution < 1.29 is 9.53 Å². The zero-order chi connectivity index (χ0) is 15.8. The van der Waals surface area contributed by atoms with E-state index in [0.29, 0.717) is 30.6 Å². The molecule has 0 bridgehead atoms. The lowest BCUT2D eigenvalue weighted by Gasteiger charge is -2.30. The fourth-order valence-corrected chi connectivity index (χ4v) is 2.91. The maximum atomic E-state index is 12.3. The van der Waals surface area contributed by atoms with E-state index in [1.807, 2.05) is 31.3 Å². The molecule has 2 rings (SSSR count). The number of ether oxygens (including phenoxy) is 1. The van der Waals surface area contributed by atoms with Crippen molar-refractivity contribution in [1.29, 1.82) is 0 Å². The van der Waals surface area contributed by atoms with Crippen LogP contribution in [-0.4, -0.2) is 37.0 Å². The summed E-state index contributed by atoms with van der Waals surface area (Å²) in [6.45, 7) is 4.48. The highest BCUT2D eigenvalue weighted by Crippen LogP contribution is 2.24. The second-order valence-electron chi connectivity index (χ2n) is 5.85. The number of nitrogens with one attached hydrogen (secondary N) is 1. The van der Waals surface area contributed by atoms with Crippen LogP contribution in [0.15, 0.2) is 36.9 Å². The third-order valence-electron chi connectivity index (χ3n) is 4.11. The van der Waals surface area contributed by atoms with Crippen molar-refractivity contribution in [2.24, 2.45) is 0 Å². The second kappa shape index (κ2) is 8.59. The summed E-state index contributed by atoms with van der Waals surface area (Å²) in [5.74, 6) is 0.679. The van der Waals surface area contributed by atoms with Gasteiger partial charge in [-0.25, -0.2) is 0 Å². The maximum Gasteiger partial charge on any atom is 0.238 e. The van der Waals surface area contributed by atoms with Crippen molar-refractivity contribution in [3.8, 4) is 5.75 Å². The molecule has 22 heavy (non-hydrogen) atoms. The van der Waals surface area contributed by atoms with Crippen LogP contribution in [0, 0.1) is 0 Å². The van der Waals surface area contributed by atoms with E-state index in [-0.39, 0.29) is 5.91 Å². The highest BCUT2D eigenvalue weighted by atomic mass is 16.5. The number of likely N-dealkylation sites (N-methyl/N-ethyl adjacent to an activating group) is 1. The smallest absolute Gasteiger partial charge is 0.238 e. The van der Waals surface area contributed by atoms with Gasteiger partial charge in [0.05, 0.1) is 12.2 Å². The number of hydrogen-bond donors (Lipinski definition) is 1. The van der Waals surface area contributed by atoms with Gasteiger partial charge in [0.2, 0.25) is 5.91 Å². The molecule has 4 nitrogen and oxygen atoms in total. The van der Waals surface area contributed by atoms with Gasteiger partial charge in [-0.3, -0.25) is 9.69 Å². The van der Waals surface area contributed by atoms with Crippen molar-refractivity contribution in [2.45, 2.75) is 38.1 Å². The Labute approximate surface area is 133 Å². The van der Waals surface area contributed by atoms with E-state index in [1.165, 1.54) is 32.1 Å². The van der Waals surface area contributed by atoms with Gasteiger partial charge in [-0.15, -0.1) is 0 Å². The first kappa shape index (κ1) is 16.6. The van der Waals surface area contributed by atoms with Gasteiger partial charge in [0.25, 0.3) is 0 Å². The van der Waals surface area contributed by atoms with Crippen LogP contribution in [0.2, 0.25) is 0 Å². The first-order chi connectivity index (χ1) is 10.7. The third kappa shape index (κ3) is 4.88. The fraction of sp³-hybridized carbons (Fsp3) is 0.500. The highest BCUT2D eigenvalue weighted by molar-refractivity contribution is 5.93. The molecule has 1 aliphatic carbocycles. The van der Waals surface area contributed by atoms with Crippen LogP contribution in [0.4, 0.5) is 5.69 Å². The maximum absolute atomic E-state index is 12.3. The standard InChI is InChI=1S/C18H26N2O2/c1-3-13-22-17-12-8-7-11-16(17)19-18(21)14-20(2)15-9-5-4-6-10-15/h3,7-8,11-12,15H,1,4-6,9-10,13-14H2,2H3,(H,19,21). The molecule has 0 atom stereocenters. The Hall–Kier alpha value is -1.81. The molecule has 120 valence electrons. The lowest BCUT2D eigenvalue weighted by Crippen LogP contribution is -2.39. The van der Waals surface area contributed by atoms with Crippen LogP contribution in [-0.2, 0) is 4.79 Å². The molecule has 0 saturated heterocycles. The quantitative estimate of drug-likeness (QED) is 0.784. The number of para-hydroxylation sites is 2. The summed E-state index contributed by atoms with van der Waals surface area (Å²) < 4.78 is 5.56. The molecule has 0 spiro atoms. The van der Waals surface area contributed by atoms with Crippen LogP contribution in [0.25, 0.3) is 0 Å². The summed E-state index contributed by atoms with van der Waals surface area (Å²) in [6, 6.07) is 8.02. The monoisotopic (exact) mass is 302 g/mol. The minimum Gasteiger partial charge on any atom is -0.487 e. The van der Waals surface area contributed by atoms with Crippen molar-refractivity contribution in [3.05, 3.63) is 36.9 Å². The fourth-order valence-electron chi connectivity index (χ4n) is 2.91. The second-order valence-corrected chi connectivity index (χ2v) is 5.85. The summed E-state index contributed by atoms with van der Waals surface area (Å²) in [6.07, 6.45) is 7.95. The van der Waals surface area contributed by atoms with E-state index < -0.39 is 0 Å². The highest BCUT2D eigenvalue weighted by Gasteiger charge is 2.20. The molecule has 1 fully saturated rings. The Bertz CT molecular complexity index is 496. The Morgan fingerprint density at radius 1 is 1.36 bits per heavy atom. The minimum absolute atomic E-state index is 0.00252. The molecular formula is C18H26N2O2. The number of amides is 1. The number of carbonyl (C=O) groups is 1. The van der Waals surface area contributed by atoms with Gasteiger partial charge in [-0.1, -0.05) is 44.1 Å². The largest absolute Gasteiger partial charge is 0.487 e. The molecule has 0 aromatic heterocycles. The van der Waals surface area contributed by atoms with Gasteiger partial charge in [-0.05, 0) is 32.0 Å². The molecule has 0 unspecified atom stereocenters. The molecule has 1 aromatic rings. The van der Waals surface area contributed by atoms with Crippen molar-refractivity contribution in [2.75, 3.05) is 25.5 Å². The predicted molar refractivity (Wildman–Crippen MR) is 90.3 cm³/mol. The average molecular weight is 302 g/mol. The van der Waals surface area contributed by atoms with E-state index in [4.69, 9.17) is 4.74 Å². The number of benzene rings is 1. The lowest BCUT2D eigenvalue weighted by atomic mass is 9.94. The molecular weight excluding hydrogens is 276 g/mol. The van der Waals surface area contributed by atoms with Gasteiger partial charge in [0.15, 0.2) is 0 Å². The van der Waals surface area contributed by atoms with Crippen LogP contribution in [0.5, 0.6) is 5.75 Å². The van der Waals surface area contributed by atoms with Gasteiger partial charge >= 0.3 is 0 Å². The van der Waals surface area contributed by atoms with Crippen LogP contribution in [0.1, 0.15) is 32.1 Å². The van der Waals surface area contributed by atoms with Gasteiger partial charge in [0.1, 0.15) is 12.4 Å². The third-order valence-corrected chi connectivity index (χ3v) is 4.11. The van der Waals surface area contributed by atoms with Gasteiger partial charge < -0.3 is 10.1 Å². The summed E-state index contributed by atoms with van der Waals surface area (Å²) in [5.41, 5.74) is 0.714. The summed E-state index contributed by atoms with van der Waals surface area (Å²) >= 11 is 0. The normalized spacial score (nSPS) is 15.5. The van der Waals surface area contributed by atoms with E-state index in [9.17, 15) is 4.79 Å². The number of carbonyl (C=O) groups excluding carboxylic acids is 1. The molecule has 1 amide bonds. The summed E-state index contributed by atoms with van der Waals surface area (Å²) in [4.78, 5) is 14.4. The first-order valence-electron chi connectivity index (χ1n) is 8.03. The predicted octanol–water partition coefficient (Wildman–Crippen LogP) is 3.45. The van der Waals surface area contributed by atoms with Crippen molar-refractivity contribution in [1.82, 2.24) is 4.90 Å². The molecule has 1 aromatic carbocycles. The van der Waals surface area contributed by atoms with Gasteiger partial charge in [0, 0.05) is 6.04 Å². The zero-order valence-electron chi connectivity index (χ0n) is 13.4. The molecule has 1 N–H and O–H groups in total. The number of anilines is 1. The molecule has 0 radical (unpaired) electrons. The Morgan fingerprint density at radius 2 is 2.09 bits per heavy atom. The number of rotatable bonds is 7. The van der Waals surface area contributed by atoms with Gasteiger partial charge in [-0.2, -0.15) is 0 Å². The van der Waals surface area contributed by atoms with Crippen LogP contribution >= 0.6 is 0 Å². The number of nitrogens with zero attached hydrogens (tertiary/aromatic N) is 1. The molecule has 0 heterocycles. The summed E-state index contributed by atoms with van der Waals surface area (Å²) in [5, 5.41) is 2.95. The lowest BCUT2D eigenvalue weighted by molar-refractivity contribution is -0.117. The SMILES string of the molecule is C=CCOc1ccccc1NC(=O)CN(C)C1CCCCC1. The number of hydrogen-bond acceptors (Lipinski definition) is 3. The van der Waals surface area contributed by atoms with Crippen LogP contribution < -0.4 is 10.1 Å². The minimum atomic E-state index is 0.00252. The zero-order valence-corrected chi connectivity index (χ0v) is 13.4. The molecule has 0 aliphatic heterocycles. The molecule has 1 saturated carbocycles. The average Bonchev–Trinajstić information content (AvgIpc) is 2.54. The molecule has 1 aliphatic rings. The summed E-state index contributed by atoms with van der Waals surface area (Å²) in [7, 11) is 2.04. The van der Waals surface area contributed by atoms with Crippen molar-refractivity contribution in [3.63, 3.8) is 0 Å².